The van der Waals surface area contributed by atoms with Gasteiger partial charge in [-0.2, -0.15) is 0 Å². The predicted molar refractivity (Wildman–Crippen MR) is 63.1 cm³/mol. The summed E-state index contributed by atoms with van der Waals surface area (Å²) in [6.07, 6.45) is 0. The van der Waals surface area contributed by atoms with Gasteiger partial charge < -0.3 is 18.6 Å². The van der Waals surface area contributed by atoms with Gasteiger partial charge in [0.25, 0.3) is 0 Å². The van der Waals surface area contributed by atoms with Gasteiger partial charge in [0, 0.05) is 11.6 Å². The average molecular weight is 246 g/mol. The van der Waals surface area contributed by atoms with Crippen LogP contribution in [0.1, 0.15) is 0 Å². The lowest BCUT2D eigenvalue weighted by molar-refractivity contribution is 0.174. The Morgan fingerprint density at radius 3 is 2.78 bits per heavy atom. The maximum Gasteiger partial charge on any atom is 0.339 e. The van der Waals surface area contributed by atoms with Crippen LogP contribution in [-0.2, 0) is 0 Å². The summed E-state index contributed by atoms with van der Waals surface area (Å²) in [7, 11) is 1.50. The molecule has 2 aromatic rings. The van der Waals surface area contributed by atoms with Crippen LogP contribution in [0, 0.1) is 0 Å². The van der Waals surface area contributed by atoms with Crippen molar-refractivity contribution in [1.82, 2.24) is 0 Å². The third-order valence-electron chi connectivity index (χ3n) is 2.64. The topological polar surface area (TPSA) is 57.9 Å². The van der Waals surface area contributed by atoms with E-state index in [1.165, 1.54) is 13.2 Å². The summed E-state index contributed by atoms with van der Waals surface area (Å²) in [5, 5.41) is 0. The van der Waals surface area contributed by atoms with Gasteiger partial charge in [0.05, 0.1) is 13.2 Å². The first-order valence-corrected chi connectivity index (χ1v) is 5.35. The van der Waals surface area contributed by atoms with E-state index in [9.17, 15) is 4.79 Å². The Morgan fingerprint density at radius 1 is 1.11 bits per heavy atom. The van der Waals surface area contributed by atoms with E-state index in [0.29, 0.717) is 23.0 Å². The second-order valence-electron chi connectivity index (χ2n) is 3.75. The van der Waals surface area contributed by atoms with E-state index in [1.54, 1.807) is 24.3 Å². The minimum Gasteiger partial charge on any atom is -0.496 e. The smallest absolute Gasteiger partial charge is 0.339 e. The maximum absolute atomic E-state index is 11.4. The van der Waals surface area contributed by atoms with Gasteiger partial charge >= 0.3 is 5.63 Å². The Balaban J connectivity index is 2.09. The molecule has 3 rings (SSSR count). The zero-order valence-electron chi connectivity index (χ0n) is 9.64. The monoisotopic (exact) mass is 246 g/mol. The lowest BCUT2D eigenvalue weighted by Gasteiger charge is -2.04. The van der Waals surface area contributed by atoms with Gasteiger partial charge in [0.1, 0.15) is 11.5 Å². The molecular formula is C13H10O5. The number of rotatable bonds is 2. The van der Waals surface area contributed by atoms with Crippen LogP contribution in [0.25, 0.3) is 11.3 Å². The second kappa shape index (κ2) is 4.10. The van der Waals surface area contributed by atoms with Crippen LogP contribution in [0.3, 0.4) is 0 Å². The quantitative estimate of drug-likeness (QED) is 0.811. The molecule has 0 atom stereocenters. The summed E-state index contributed by atoms with van der Waals surface area (Å²) in [6, 6.07) is 8.28. The van der Waals surface area contributed by atoms with Crippen molar-refractivity contribution in [3.63, 3.8) is 0 Å². The summed E-state index contributed by atoms with van der Waals surface area (Å²) in [4.78, 5) is 11.4. The molecule has 0 saturated carbocycles. The zero-order chi connectivity index (χ0) is 12.5. The molecule has 5 nitrogen and oxygen atoms in total. The molecule has 0 fully saturated rings. The first-order chi connectivity index (χ1) is 8.76. The Hall–Kier alpha value is -2.43. The predicted octanol–water partition coefficient (Wildman–Crippen LogP) is 2.04. The second-order valence-corrected chi connectivity index (χ2v) is 3.75. The van der Waals surface area contributed by atoms with Crippen molar-refractivity contribution >= 4 is 0 Å². The van der Waals surface area contributed by atoms with Crippen molar-refractivity contribution < 1.29 is 18.6 Å². The Kier molecular flexibility index (Phi) is 2.44. The number of fused-ring (bicyclic) bond motifs is 1. The molecule has 0 N–H and O–H groups in total. The third kappa shape index (κ3) is 1.79. The van der Waals surface area contributed by atoms with E-state index in [1.807, 2.05) is 0 Å². The van der Waals surface area contributed by atoms with E-state index >= 15 is 0 Å². The highest BCUT2D eigenvalue weighted by Gasteiger charge is 2.15. The van der Waals surface area contributed by atoms with Gasteiger partial charge in [-0.15, -0.1) is 0 Å². The molecule has 0 amide bonds. The van der Waals surface area contributed by atoms with Crippen molar-refractivity contribution in [2.75, 3.05) is 13.9 Å². The summed E-state index contributed by atoms with van der Waals surface area (Å²) >= 11 is 0. The molecule has 18 heavy (non-hydrogen) atoms. The number of hydrogen-bond acceptors (Lipinski definition) is 5. The van der Waals surface area contributed by atoms with E-state index < -0.39 is 5.63 Å². The molecule has 1 aromatic carbocycles. The highest BCUT2D eigenvalue weighted by molar-refractivity contribution is 5.63. The fraction of sp³-hybridized carbons (Fsp3) is 0.154. The molecular weight excluding hydrogens is 236 g/mol. The minimum absolute atomic E-state index is 0.209. The first-order valence-electron chi connectivity index (χ1n) is 5.35. The molecule has 2 heterocycles. The number of ether oxygens (including phenoxy) is 3. The molecule has 0 bridgehead atoms. The molecule has 0 unspecified atom stereocenters. The molecule has 0 aliphatic carbocycles. The van der Waals surface area contributed by atoms with E-state index in [2.05, 4.69) is 0 Å². The molecule has 0 spiro atoms. The van der Waals surface area contributed by atoms with Crippen molar-refractivity contribution in [2.24, 2.45) is 0 Å². The van der Waals surface area contributed by atoms with Crippen LogP contribution in [0.4, 0.5) is 0 Å². The van der Waals surface area contributed by atoms with Crippen LogP contribution in [0.2, 0.25) is 0 Å². The molecule has 1 aliphatic rings. The maximum atomic E-state index is 11.4. The Bertz CT molecular complexity index is 644. The van der Waals surface area contributed by atoms with Crippen LogP contribution >= 0.6 is 0 Å². The molecule has 1 aliphatic heterocycles. The standard InChI is InChI=1S/C13H10O5/c1-15-9-5-11(18-13(14)6-9)8-2-3-10-12(4-8)17-7-16-10/h2-6H,7H2,1H3. The van der Waals surface area contributed by atoms with Gasteiger partial charge in [-0.05, 0) is 18.2 Å². The van der Waals surface area contributed by atoms with Crippen LogP contribution in [-0.4, -0.2) is 13.9 Å². The highest BCUT2D eigenvalue weighted by Crippen LogP contribution is 2.36. The number of methoxy groups -OCH3 is 1. The number of hydrogen-bond donors (Lipinski definition) is 0. The molecule has 5 heteroatoms. The third-order valence-corrected chi connectivity index (χ3v) is 2.64. The van der Waals surface area contributed by atoms with Gasteiger partial charge in [-0.3, -0.25) is 0 Å². The first kappa shape index (κ1) is 10.7. The van der Waals surface area contributed by atoms with Crippen molar-refractivity contribution in [3.8, 4) is 28.6 Å². The van der Waals surface area contributed by atoms with Gasteiger partial charge in [0.2, 0.25) is 6.79 Å². The van der Waals surface area contributed by atoms with Gasteiger partial charge in [-0.25, -0.2) is 4.79 Å². The van der Waals surface area contributed by atoms with E-state index in [4.69, 9.17) is 18.6 Å². The number of benzene rings is 1. The lowest BCUT2D eigenvalue weighted by Crippen LogP contribution is -1.99. The fourth-order valence-corrected chi connectivity index (χ4v) is 1.76. The van der Waals surface area contributed by atoms with Gasteiger partial charge in [-0.1, -0.05) is 0 Å². The van der Waals surface area contributed by atoms with Crippen LogP contribution in [0.5, 0.6) is 17.2 Å². The van der Waals surface area contributed by atoms with E-state index in [0.717, 1.165) is 5.56 Å². The largest absolute Gasteiger partial charge is 0.496 e. The van der Waals surface area contributed by atoms with E-state index in [-0.39, 0.29) is 6.79 Å². The van der Waals surface area contributed by atoms with Crippen LogP contribution < -0.4 is 19.8 Å². The average Bonchev–Trinajstić information content (AvgIpc) is 2.85. The van der Waals surface area contributed by atoms with Crippen LogP contribution in [0.15, 0.2) is 39.5 Å². The molecule has 92 valence electrons. The van der Waals surface area contributed by atoms with Crippen molar-refractivity contribution in [1.29, 1.82) is 0 Å². The Labute approximate surface area is 103 Å². The summed E-state index contributed by atoms with van der Waals surface area (Å²) in [5.41, 5.74) is 0.275. The molecule has 0 saturated heterocycles. The molecule has 0 radical (unpaired) electrons. The van der Waals surface area contributed by atoms with Crippen molar-refractivity contribution in [2.45, 2.75) is 0 Å². The fourth-order valence-electron chi connectivity index (χ4n) is 1.76. The summed E-state index contributed by atoms with van der Waals surface area (Å²) in [5.74, 6) is 2.21. The summed E-state index contributed by atoms with van der Waals surface area (Å²) < 4.78 is 20.7. The normalized spacial score (nSPS) is 12.5. The Morgan fingerprint density at radius 2 is 1.94 bits per heavy atom. The SMILES string of the molecule is COc1cc(-c2ccc3c(c2)OCO3)oc(=O)c1. The zero-order valence-corrected chi connectivity index (χ0v) is 9.64. The van der Waals surface area contributed by atoms with Crippen molar-refractivity contribution in [3.05, 3.63) is 40.8 Å². The summed E-state index contributed by atoms with van der Waals surface area (Å²) in [6.45, 7) is 0.209. The molecule has 1 aromatic heterocycles. The van der Waals surface area contributed by atoms with Gasteiger partial charge in [0.15, 0.2) is 11.5 Å². The highest BCUT2D eigenvalue weighted by atomic mass is 16.7. The lowest BCUT2D eigenvalue weighted by atomic mass is 10.1. The minimum atomic E-state index is -0.456.